The first-order valence-electron chi connectivity index (χ1n) is 7.87. The Morgan fingerprint density at radius 1 is 1.12 bits per heavy atom. The molecule has 1 saturated carbocycles. The monoisotopic (exact) mass is 238 g/mol. The van der Waals surface area contributed by atoms with Gasteiger partial charge in [-0.3, -0.25) is 0 Å². The second kappa shape index (κ2) is 7.38. The van der Waals surface area contributed by atoms with Crippen LogP contribution in [-0.2, 0) is 0 Å². The lowest BCUT2D eigenvalue weighted by molar-refractivity contribution is 0.137. The molecule has 0 bridgehead atoms. The molecule has 2 fully saturated rings. The highest BCUT2D eigenvalue weighted by atomic mass is 15.2. The predicted molar refractivity (Wildman–Crippen MR) is 74.4 cm³/mol. The fourth-order valence-electron chi connectivity index (χ4n) is 3.05. The highest BCUT2D eigenvalue weighted by Gasteiger charge is 2.21. The van der Waals surface area contributed by atoms with Crippen molar-refractivity contribution in [3.8, 4) is 0 Å². The molecule has 1 heterocycles. The minimum absolute atomic E-state index is 0.887. The van der Waals surface area contributed by atoms with Gasteiger partial charge in [-0.25, -0.2) is 0 Å². The lowest BCUT2D eigenvalue weighted by Crippen LogP contribution is -2.40. The van der Waals surface area contributed by atoms with Gasteiger partial charge in [0.2, 0.25) is 0 Å². The van der Waals surface area contributed by atoms with Crippen molar-refractivity contribution in [3.05, 3.63) is 0 Å². The first-order chi connectivity index (χ1) is 8.40. The fraction of sp³-hybridized carbons (Fsp3) is 1.00. The van der Waals surface area contributed by atoms with Crippen LogP contribution in [0.4, 0.5) is 0 Å². The second-order valence-electron chi connectivity index (χ2n) is 5.91. The molecular formula is C15H30N2. The van der Waals surface area contributed by atoms with Crippen molar-refractivity contribution in [2.24, 2.45) is 0 Å². The third kappa shape index (κ3) is 4.97. The minimum Gasteiger partial charge on any atom is -0.314 e. The topological polar surface area (TPSA) is 15.3 Å². The van der Waals surface area contributed by atoms with E-state index in [0.717, 1.165) is 12.1 Å². The van der Waals surface area contributed by atoms with Gasteiger partial charge in [-0.05, 0) is 64.6 Å². The van der Waals surface area contributed by atoms with Crippen LogP contribution in [0.25, 0.3) is 0 Å². The van der Waals surface area contributed by atoms with E-state index in [1.807, 2.05) is 0 Å². The molecule has 1 saturated heterocycles. The number of hydrogen-bond donors (Lipinski definition) is 1. The van der Waals surface area contributed by atoms with Crippen molar-refractivity contribution < 1.29 is 0 Å². The summed E-state index contributed by atoms with van der Waals surface area (Å²) in [6.07, 6.45) is 12.7. The van der Waals surface area contributed by atoms with Crippen molar-refractivity contribution in [3.63, 3.8) is 0 Å². The molecular weight excluding hydrogens is 208 g/mol. The number of nitrogens with one attached hydrogen (secondary N) is 1. The molecule has 0 aromatic rings. The van der Waals surface area contributed by atoms with Crippen LogP contribution in [0, 0.1) is 0 Å². The van der Waals surface area contributed by atoms with E-state index in [-0.39, 0.29) is 0 Å². The van der Waals surface area contributed by atoms with Crippen LogP contribution in [0.5, 0.6) is 0 Å². The highest BCUT2D eigenvalue weighted by Crippen LogP contribution is 2.21. The van der Waals surface area contributed by atoms with E-state index >= 15 is 0 Å². The zero-order valence-electron chi connectivity index (χ0n) is 11.6. The summed E-state index contributed by atoms with van der Waals surface area (Å²) < 4.78 is 0. The Morgan fingerprint density at radius 2 is 2.00 bits per heavy atom. The standard InChI is InChI=1S/C15H30N2/c1-2-7-15-8-3-5-12-17(15)13-6-4-11-16-14-9-10-14/h14-16H,2-13H2,1H3. The largest absolute Gasteiger partial charge is 0.314 e. The molecule has 1 unspecified atom stereocenters. The summed E-state index contributed by atoms with van der Waals surface area (Å²) in [5.74, 6) is 0. The molecule has 1 N–H and O–H groups in total. The number of piperidine rings is 1. The van der Waals surface area contributed by atoms with Gasteiger partial charge < -0.3 is 10.2 Å². The van der Waals surface area contributed by atoms with E-state index in [9.17, 15) is 0 Å². The molecule has 0 aromatic carbocycles. The summed E-state index contributed by atoms with van der Waals surface area (Å²) in [5, 5.41) is 3.61. The van der Waals surface area contributed by atoms with E-state index in [1.54, 1.807) is 0 Å². The average Bonchev–Trinajstić information content (AvgIpc) is 3.15. The van der Waals surface area contributed by atoms with Gasteiger partial charge >= 0.3 is 0 Å². The fourth-order valence-corrected chi connectivity index (χ4v) is 3.05. The molecule has 100 valence electrons. The quantitative estimate of drug-likeness (QED) is 0.653. The average molecular weight is 238 g/mol. The highest BCUT2D eigenvalue weighted by molar-refractivity contribution is 4.81. The van der Waals surface area contributed by atoms with Crippen molar-refractivity contribution in [1.82, 2.24) is 10.2 Å². The van der Waals surface area contributed by atoms with Gasteiger partial charge in [0.05, 0.1) is 0 Å². The molecule has 17 heavy (non-hydrogen) atoms. The molecule has 2 rings (SSSR count). The van der Waals surface area contributed by atoms with E-state index in [0.29, 0.717) is 0 Å². The van der Waals surface area contributed by atoms with Crippen LogP contribution >= 0.6 is 0 Å². The van der Waals surface area contributed by atoms with E-state index in [2.05, 4.69) is 17.1 Å². The first-order valence-corrected chi connectivity index (χ1v) is 7.87. The van der Waals surface area contributed by atoms with Crippen LogP contribution in [0.1, 0.15) is 64.7 Å². The Morgan fingerprint density at radius 3 is 2.76 bits per heavy atom. The molecule has 2 heteroatoms. The number of rotatable bonds is 8. The summed E-state index contributed by atoms with van der Waals surface area (Å²) in [6, 6.07) is 1.79. The van der Waals surface area contributed by atoms with Gasteiger partial charge in [0, 0.05) is 12.1 Å². The Labute approximate surface area is 107 Å². The minimum atomic E-state index is 0.887. The molecule has 0 aromatic heterocycles. The predicted octanol–water partition coefficient (Wildman–Crippen LogP) is 3.17. The first kappa shape index (κ1) is 13.4. The summed E-state index contributed by atoms with van der Waals surface area (Å²) in [7, 11) is 0. The number of unbranched alkanes of at least 4 members (excludes halogenated alkanes) is 1. The van der Waals surface area contributed by atoms with Crippen molar-refractivity contribution in [1.29, 1.82) is 0 Å². The molecule has 0 radical (unpaired) electrons. The number of likely N-dealkylation sites (tertiary alicyclic amines) is 1. The van der Waals surface area contributed by atoms with Gasteiger partial charge in [-0.1, -0.05) is 19.8 Å². The molecule has 1 aliphatic carbocycles. The van der Waals surface area contributed by atoms with Gasteiger partial charge in [0.15, 0.2) is 0 Å². The maximum Gasteiger partial charge on any atom is 0.00951 e. The summed E-state index contributed by atoms with van der Waals surface area (Å²) in [4.78, 5) is 2.77. The van der Waals surface area contributed by atoms with E-state index in [4.69, 9.17) is 0 Å². The van der Waals surface area contributed by atoms with Crippen molar-refractivity contribution in [2.45, 2.75) is 76.8 Å². The smallest absolute Gasteiger partial charge is 0.00951 e. The third-order valence-electron chi connectivity index (χ3n) is 4.25. The summed E-state index contributed by atoms with van der Waals surface area (Å²) in [6.45, 7) is 6.28. The van der Waals surface area contributed by atoms with Gasteiger partial charge in [-0.15, -0.1) is 0 Å². The van der Waals surface area contributed by atoms with Crippen LogP contribution in [0.3, 0.4) is 0 Å². The van der Waals surface area contributed by atoms with E-state index < -0.39 is 0 Å². The molecule has 2 nitrogen and oxygen atoms in total. The Hall–Kier alpha value is -0.0800. The van der Waals surface area contributed by atoms with Crippen LogP contribution in [-0.4, -0.2) is 36.6 Å². The maximum absolute atomic E-state index is 3.61. The van der Waals surface area contributed by atoms with Crippen LogP contribution in [0.2, 0.25) is 0 Å². The molecule has 1 atom stereocenters. The molecule has 0 amide bonds. The Kier molecular flexibility index (Phi) is 5.79. The van der Waals surface area contributed by atoms with Gasteiger partial charge in [0.1, 0.15) is 0 Å². The van der Waals surface area contributed by atoms with Gasteiger partial charge in [0.25, 0.3) is 0 Å². The van der Waals surface area contributed by atoms with Crippen LogP contribution < -0.4 is 5.32 Å². The summed E-state index contributed by atoms with van der Waals surface area (Å²) >= 11 is 0. The third-order valence-corrected chi connectivity index (χ3v) is 4.25. The molecule has 0 spiro atoms. The summed E-state index contributed by atoms with van der Waals surface area (Å²) in [5.41, 5.74) is 0. The number of hydrogen-bond acceptors (Lipinski definition) is 2. The van der Waals surface area contributed by atoms with Gasteiger partial charge in [-0.2, -0.15) is 0 Å². The Balaban J connectivity index is 1.54. The van der Waals surface area contributed by atoms with Crippen molar-refractivity contribution in [2.75, 3.05) is 19.6 Å². The SMILES string of the molecule is CCCC1CCCCN1CCCCNC1CC1. The van der Waals surface area contributed by atoms with E-state index in [1.165, 1.54) is 77.4 Å². The zero-order valence-corrected chi connectivity index (χ0v) is 11.6. The van der Waals surface area contributed by atoms with Crippen LogP contribution in [0.15, 0.2) is 0 Å². The number of nitrogens with zero attached hydrogens (tertiary/aromatic N) is 1. The normalized spacial score (nSPS) is 26.3. The molecule has 1 aliphatic heterocycles. The lowest BCUT2D eigenvalue weighted by atomic mass is 9.98. The Bertz CT molecular complexity index is 199. The second-order valence-corrected chi connectivity index (χ2v) is 5.91. The maximum atomic E-state index is 3.61. The lowest BCUT2D eigenvalue weighted by Gasteiger charge is -2.35. The van der Waals surface area contributed by atoms with Crippen molar-refractivity contribution >= 4 is 0 Å². The zero-order chi connectivity index (χ0) is 11.9. The molecule has 2 aliphatic rings.